The molecule has 1 aliphatic rings. The SMILES string of the molecule is C=CCc1[nH]c(CS(=O)(=O)O)c2c1CN=C(c1ccccc1F)c1cc(Cl)ccc1-2. The van der Waals surface area contributed by atoms with Crippen molar-refractivity contribution < 1.29 is 17.4 Å². The van der Waals surface area contributed by atoms with Gasteiger partial charge in [-0.05, 0) is 29.8 Å². The van der Waals surface area contributed by atoms with Crippen molar-refractivity contribution >= 4 is 27.4 Å². The molecule has 0 radical (unpaired) electrons. The average Bonchev–Trinajstić information content (AvgIpc) is 2.89. The number of aromatic amines is 1. The van der Waals surface area contributed by atoms with Crippen molar-refractivity contribution in [2.75, 3.05) is 0 Å². The van der Waals surface area contributed by atoms with E-state index in [1.165, 1.54) is 6.07 Å². The van der Waals surface area contributed by atoms with Crippen molar-refractivity contribution in [1.29, 1.82) is 0 Å². The molecule has 3 aromatic rings. The molecule has 0 spiro atoms. The first-order chi connectivity index (χ1) is 14.3. The predicted octanol–water partition coefficient (Wildman–Crippen LogP) is 4.94. The zero-order valence-corrected chi connectivity index (χ0v) is 17.4. The molecular formula is C22H18ClFN2O3S. The fourth-order valence-corrected chi connectivity index (χ4v) is 4.57. The zero-order chi connectivity index (χ0) is 21.5. The standard InChI is InChI=1S/C22H18ClFN2O3S/c1-2-5-19-17-11-25-22(15-6-3-4-7-18(15)24)16-10-13(23)8-9-14(16)21(17)20(26-19)12-30(27,28)29/h2-4,6-10,26H,1,5,11-12H2,(H,27,28,29). The Morgan fingerprint density at radius 2 is 1.93 bits per heavy atom. The molecule has 4 rings (SSSR count). The second-order valence-electron chi connectivity index (χ2n) is 6.99. The molecule has 0 unspecified atom stereocenters. The van der Waals surface area contributed by atoms with E-state index in [1.54, 1.807) is 42.5 Å². The number of halogens is 2. The number of nitrogens with zero attached hydrogens (tertiary/aromatic N) is 1. The maximum Gasteiger partial charge on any atom is 0.270 e. The molecule has 0 bridgehead atoms. The van der Waals surface area contributed by atoms with Crippen LogP contribution >= 0.6 is 11.6 Å². The second-order valence-corrected chi connectivity index (χ2v) is 8.88. The fraction of sp³-hybridized carbons (Fsp3) is 0.136. The van der Waals surface area contributed by atoms with Gasteiger partial charge in [0, 0.05) is 45.1 Å². The van der Waals surface area contributed by atoms with E-state index in [4.69, 9.17) is 11.6 Å². The molecule has 2 aromatic carbocycles. The molecular weight excluding hydrogens is 427 g/mol. The van der Waals surface area contributed by atoms with Crippen LogP contribution in [0.3, 0.4) is 0 Å². The Morgan fingerprint density at radius 3 is 2.63 bits per heavy atom. The van der Waals surface area contributed by atoms with Crippen LogP contribution in [0.25, 0.3) is 11.1 Å². The molecule has 0 saturated carbocycles. The number of nitrogens with one attached hydrogen (secondary N) is 1. The summed E-state index contributed by atoms with van der Waals surface area (Å²) < 4.78 is 47.4. The van der Waals surface area contributed by atoms with Gasteiger partial charge in [-0.2, -0.15) is 8.42 Å². The highest BCUT2D eigenvalue weighted by molar-refractivity contribution is 7.85. The Bertz CT molecular complexity index is 1300. The molecule has 0 saturated heterocycles. The highest BCUT2D eigenvalue weighted by Gasteiger charge is 2.27. The largest absolute Gasteiger partial charge is 0.360 e. The number of hydrogen-bond donors (Lipinski definition) is 2. The molecule has 2 heterocycles. The van der Waals surface area contributed by atoms with Gasteiger partial charge in [0.1, 0.15) is 11.6 Å². The second kappa shape index (κ2) is 7.83. The summed E-state index contributed by atoms with van der Waals surface area (Å²) in [5.74, 6) is -0.997. The van der Waals surface area contributed by atoms with Gasteiger partial charge in [-0.1, -0.05) is 35.9 Å². The van der Waals surface area contributed by atoms with Gasteiger partial charge in [-0.15, -0.1) is 6.58 Å². The number of aromatic nitrogens is 1. The van der Waals surface area contributed by atoms with Crippen molar-refractivity contribution in [2.24, 2.45) is 4.99 Å². The van der Waals surface area contributed by atoms with Gasteiger partial charge >= 0.3 is 0 Å². The van der Waals surface area contributed by atoms with Crippen LogP contribution in [0.15, 0.2) is 60.1 Å². The first kappa shape index (κ1) is 20.5. The lowest BCUT2D eigenvalue weighted by Crippen LogP contribution is -2.08. The van der Waals surface area contributed by atoms with Gasteiger partial charge in [0.25, 0.3) is 10.1 Å². The predicted molar refractivity (Wildman–Crippen MR) is 116 cm³/mol. The van der Waals surface area contributed by atoms with E-state index < -0.39 is 21.7 Å². The van der Waals surface area contributed by atoms with Crippen LogP contribution < -0.4 is 0 Å². The lowest BCUT2D eigenvalue weighted by molar-refractivity contribution is 0.481. The summed E-state index contributed by atoms with van der Waals surface area (Å²) in [6, 6.07) is 11.5. The van der Waals surface area contributed by atoms with Gasteiger partial charge in [-0.3, -0.25) is 9.55 Å². The molecule has 2 N–H and O–H groups in total. The Morgan fingerprint density at radius 1 is 1.17 bits per heavy atom. The average molecular weight is 445 g/mol. The summed E-state index contributed by atoms with van der Waals surface area (Å²) >= 11 is 6.25. The number of benzene rings is 2. The molecule has 5 nitrogen and oxygen atoms in total. The number of fused-ring (bicyclic) bond motifs is 3. The number of hydrogen-bond acceptors (Lipinski definition) is 3. The number of H-pyrrole nitrogens is 1. The summed E-state index contributed by atoms with van der Waals surface area (Å²) in [5.41, 5.74) is 4.53. The van der Waals surface area contributed by atoms with Crippen molar-refractivity contribution in [3.8, 4) is 11.1 Å². The Kier molecular flexibility index (Phi) is 5.36. The quantitative estimate of drug-likeness (QED) is 0.432. The van der Waals surface area contributed by atoms with E-state index in [2.05, 4.69) is 16.6 Å². The van der Waals surface area contributed by atoms with Gasteiger partial charge in [0.05, 0.1) is 12.3 Å². The highest BCUT2D eigenvalue weighted by atomic mass is 35.5. The minimum Gasteiger partial charge on any atom is -0.360 e. The summed E-state index contributed by atoms with van der Waals surface area (Å²) in [7, 11) is -4.29. The van der Waals surface area contributed by atoms with Crippen LogP contribution in [0.2, 0.25) is 5.02 Å². The third kappa shape index (κ3) is 3.84. The van der Waals surface area contributed by atoms with Gasteiger partial charge < -0.3 is 4.98 Å². The van der Waals surface area contributed by atoms with Gasteiger partial charge in [0.2, 0.25) is 0 Å². The van der Waals surface area contributed by atoms with Crippen LogP contribution in [0, 0.1) is 5.82 Å². The van der Waals surface area contributed by atoms with E-state index in [9.17, 15) is 17.4 Å². The van der Waals surface area contributed by atoms with Crippen LogP contribution in [-0.2, 0) is 28.8 Å². The van der Waals surface area contributed by atoms with E-state index in [0.29, 0.717) is 45.1 Å². The van der Waals surface area contributed by atoms with Crippen molar-refractivity contribution in [3.05, 3.63) is 94.0 Å². The first-order valence-electron chi connectivity index (χ1n) is 9.16. The molecule has 0 amide bonds. The smallest absolute Gasteiger partial charge is 0.270 e. The van der Waals surface area contributed by atoms with Crippen LogP contribution in [0.4, 0.5) is 4.39 Å². The van der Waals surface area contributed by atoms with E-state index >= 15 is 0 Å². The summed E-state index contributed by atoms with van der Waals surface area (Å²) in [4.78, 5) is 7.79. The molecule has 1 aromatic heterocycles. The highest BCUT2D eigenvalue weighted by Crippen LogP contribution is 2.39. The normalized spacial score (nSPS) is 13.2. The third-order valence-electron chi connectivity index (χ3n) is 4.98. The van der Waals surface area contributed by atoms with Gasteiger partial charge in [-0.25, -0.2) is 4.39 Å². The summed E-state index contributed by atoms with van der Waals surface area (Å²) in [5, 5.41) is 0.444. The summed E-state index contributed by atoms with van der Waals surface area (Å²) in [6.45, 7) is 3.96. The van der Waals surface area contributed by atoms with Crippen molar-refractivity contribution in [2.45, 2.75) is 18.7 Å². The molecule has 0 aliphatic carbocycles. The minimum atomic E-state index is -4.29. The van der Waals surface area contributed by atoms with Crippen molar-refractivity contribution in [3.63, 3.8) is 0 Å². The monoisotopic (exact) mass is 444 g/mol. The van der Waals surface area contributed by atoms with Crippen LogP contribution in [0.5, 0.6) is 0 Å². The molecule has 30 heavy (non-hydrogen) atoms. The molecule has 1 aliphatic heterocycles. The molecule has 154 valence electrons. The van der Waals surface area contributed by atoms with E-state index in [0.717, 1.165) is 11.3 Å². The van der Waals surface area contributed by atoms with Crippen LogP contribution in [-0.4, -0.2) is 23.7 Å². The zero-order valence-electron chi connectivity index (χ0n) is 15.8. The number of aliphatic imine (C=N–C) groups is 1. The van der Waals surface area contributed by atoms with Crippen LogP contribution in [0.1, 0.15) is 28.1 Å². The minimum absolute atomic E-state index is 0.205. The summed E-state index contributed by atoms with van der Waals surface area (Å²) in [6.07, 6.45) is 2.15. The lowest BCUT2D eigenvalue weighted by Gasteiger charge is -2.13. The topological polar surface area (TPSA) is 82.5 Å². The lowest BCUT2D eigenvalue weighted by atomic mass is 9.92. The maximum absolute atomic E-state index is 14.6. The Labute approximate surface area is 178 Å². The first-order valence-corrected chi connectivity index (χ1v) is 11.2. The Balaban J connectivity index is 2.02. The molecule has 8 heteroatoms. The number of rotatable bonds is 5. The number of allylic oxidation sites excluding steroid dienone is 1. The third-order valence-corrected chi connectivity index (χ3v) is 5.86. The Hall–Kier alpha value is -2.74. The van der Waals surface area contributed by atoms with E-state index in [-0.39, 0.29) is 6.54 Å². The molecule has 0 atom stereocenters. The van der Waals surface area contributed by atoms with E-state index in [1.807, 2.05) is 0 Å². The van der Waals surface area contributed by atoms with Crippen molar-refractivity contribution in [1.82, 2.24) is 4.98 Å². The molecule has 0 fully saturated rings. The van der Waals surface area contributed by atoms with Gasteiger partial charge in [0.15, 0.2) is 0 Å². The fourth-order valence-electron chi connectivity index (χ4n) is 3.82. The maximum atomic E-state index is 14.6.